The molecule has 0 radical (unpaired) electrons. The van der Waals surface area contributed by atoms with Gasteiger partial charge in [0.1, 0.15) is 11.5 Å². The third-order valence-electron chi connectivity index (χ3n) is 1.87. The molecule has 0 spiro atoms. The lowest BCUT2D eigenvalue weighted by Gasteiger charge is -2.06. The fraction of sp³-hybridized carbons (Fsp3) is 0.364. The first-order valence-corrected chi connectivity index (χ1v) is 5.01. The van der Waals surface area contributed by atoms with Gasteiger partial charge in [0, 0.05) is 12.8 Å². The lowest BCUT2D eigenvalue weighted by Crippen LogP contribution is -2.04. The number of hydrogen-bond donors (Lipinski definition) is 0. The van der Waals surface area contributed by atoms with Gasteiger partial charge in [0.05, 0.1) is 11.6 Å². The van der Waals surface area contributed by atoms with Gasteiger partial charge in [0.15, 0.2) is 0 Å². The van der Waals surface area contributed by atoms with Crippen LogP contribution in [0, 0.1) is 0 Å². The quantitative estimate of drug-likeness (QED) is 0.750. The molecule has 3 heteroatoms. The van der Waals surface area contributed by atoms with E-state index in [2.05, 4.69) is 0 Å². The molecule has 14 heavy (non-hydrogen) atoms. The summed E-state index contributed by atoms with van der Waals surface area (Å²) in [6.45, 7) is 2.24. The number of benzene rings is 1. The molecule has 0 unspecified atom stereocenters. The second-order valence-electron chi connectivity index (χ2n) is 2.92. The molecule has 1 aromatic carbocycles. The van der Waals surface area contributed by atoms with Gasteiger partial charge in [0.2, 0.25) is 0 Å². The number of ketones is 1. The summed E-state index contributed by atoms with van der Waals surface area (Å²) in [5, 5.41) is 0.580. The standard InChI is InChI=1S/C11H13ClO2/c1-2-9(13)7-8-14-11-6-4-3-5-10(11)12/h3-6H,2,7-8H2,1H3. The lowest BCUT2D eigenvalue weighted by molar-refractivity contribution is -0.119. The second-order valence-corrected chi connectivity index (χ2v) is 3.33. The van der Waals surface area contributed by atoms with Crippen LogP contribution in [0.5, 0.6) is 5.75 Å². The van der Waals surface area contributed by atoms with Gasteiger partial charge in [0.25, 0.3) is 0 Å². The number of halogens is 1. The Labute approximate surface area is 88.8 Å². The lowest BCUT2D eigenvalue weighted by atomic mass is 10.2. The summed E-state index contributed by atoms with van der Waals surface area (Å²) in [4.78, 5) is 11.0. The number of ether oxygens (including phenoxy) is 1. The molecule has 2 nitrogen and oxygen atoms in total. The molecule has 0 atom stereocenters. The average molecular weight is 213 g/mol. The molecule has 0 aliphatic heterocycles. The summed E-state index contributed by atoms with van der Waals surface area (Å²) < 4.78 is 5.36. The minimum absolute atomic E-state index is 0.206. The van der Waals surface area contributed by atoms with E-state index < -0.39 is 0 Å². The minimum Gasteiger partial charge on any atom is -0.492 e. The highest BCUT2D eigenvalue weighted by Crippen LogP contribution is 2.22. The zero-order valence-corrected chi connectivity index (χ0v) is 8.88. The van der Waals surface area contributed by atoms with Crippen LogP contribution < -0.4 is 4.74 Å². The van der Waals surface area contributed by atoms with Crippen molar-refractivity contribution in [2.75, 3.05) is 6.61 Å². The summed E-state index contributed by atoms with van der Waals surface area (Å²) in [5.74, 6) is 0.843. The predicted octanol–water partition coefficient (Wildman–Crippen LogP) is 3.09. The van der Waals surface area contributed by atoms with Crippen LogP contribution in [0.1, 0.15) is 19.8 Å². The van der Waals surface area contributed by atoms with Crippen LogP contribution in [-0.2, 0) is 4.79 Å². The fourth-order valence-corrected chi connectivity index (χ4v) is 1.20. The SMILES string of the molecule is CCC(=O)CCOc1ccccc1Cl. The van der Waals surface area contributed by atoms with Crippen molar-refractivity contribution in [1.29, 1.82) is 0 Å². The highest BCUT2D eigenvalue weighted by Gasteiger charge is 2.01. The summed E-state index contributed by atoms with van der Waals surface area (Å²) in [7, 11) is 0. The summed E-state index contributed by atoms with van der Waals surface area (Å²) in [6.07, 6.45) is 1.01. The van der Waals surface area contributed by atoms with E-state index in [1.807, 2.05) is 19.1 Å². The first-order chi connectivity index (χ1) is 6.74. The molecule has 76 valence electrons. The van der Waals surface area contributed by atoms with Gasteiger partial charge in [-0.15, -0.1) is 0 Å². The molecule has 0 aliphatic carbocycles. The Kier molecular flexibility index (Phi) is 4.47. The van der Waals surface area contributed by atoms with E-state index in [1.165, 1.54) is 0 Å². The zero-order chi connectivity index (χ0) is 10.4. The Morgan fingerprint density at radius 1 is 1.43 bits per heavy atom. The minimum atomic E-state index is 0.206. The van der Waals surface area contributed by atoms with Gasteiger partial charge >= 0.3 is 0 Å². The van der Waals surface area contributed by atoms with Crippen LogP contribution in [0.15, 0.2) is 24.3 Å². The maximum absolute atomic E-state index is 11.0. The van der Waals surface area contributed by atoms with Gasteiger partial charge in [-0.2, -0.15) is 0 Å². The van der Waals surface area contributed by atoms with Crippen LogP contribution in [0.4, 0.5) is 0 Å². The Bertz CT molecular complexity index is 310. The number of hydrogen-bond acceptors (Lipinski definition) is 2. The van der Waals surface area contributed by atoms with Crippen LogP contribution in [-0.4, -0.2) is 12.4 Å². The van der Waals surface area contributed by atoms with E-state index >= 15 is 0 Å². The highest BCUT2D eigenvalue weighted by atomic mass is 35.5. The van der Waals surface area contributed by atoms with Gasteiger partial charge in [-0.1, -0.05) is 30.7 Å². The van der Waals surface area contributed by atoms with Gasteiger partial charge in [-0.3, -0.25) is 4.79 Å². The molecule has 0 bridgehead atoms. The van der Waals surface area contributed by atoms with Crippen molar-refractivity contribution in [2.24, 2.45) is 0 Å². The Balaban J connectivity index is 2.39. The fourth-order valence-electron chi connectivity index (χ4n) is 1.01. The van der Waals surface area contributed by atoms with Crippen molar-refractivity contribution >= 4 is 17.4 Å². The first kappa shape index (κ1) is 11.1. The van der Waals surface area contributed by atoms with E-state index in [4.69, 9.17) is 16.3 Å². The normalized spacial score (nSPS) is 9.86. The molecule has 0 amide bonds. The van der Waals surface area contributed by atoms with E-state index in [9.17, 15) is 4.79 Å². The number of carbonyl (C=O) groups is 1. The summed E-state index contributed by atoms with van der Waals surface area (Å²) >= 11 is 5.86. The zero-order valence-electron chi connectivity index (χ0n) is 8.13. The van der Waals surface area contributed by atoms with E-state index in [0.717, 1.165) is 0 Å². The van der Waals surface area contributed by atoms with E-state index in [-0.39, 0.29) is 5.78 Å². The van der Waals surface area contributed by atoms with E-state index in [0.29, 0.717) is 30.2 Å². The molecule has 0 aromatic heterocycles. The third kappa shape index (κ3) is 3.38. The number of para-hydroxylation sites is 1. The van der Waals surface area contributed by atoms with Crippen LogP contribution >= 0.6 is 11.6 Å². The molecule has 0 saturated carbocycles. The van der Waals surface area contributed by atoms with Crippen LogP contribution in [0.3, 0.4) is 0 Å². The molecular weight excluding hydrogens is 200 g/mol. The molecule has 0 fully saturated rings. The van der Waals surface area contributed by atoms with Crippen molar-refractivity contribution in [3.8, 4) is 5.75 Å². The van der Waals surface area contributed by atoms with E-state index in [1.54, 1.807) is 12.1 Å². The Hall–Kier alpha value is -1.02. The van der Waals surface area contributed by atoms with Crippen molar-refractivity contribution < 1.29 is 9.53 Å². The first-order valence-electron chi connectivity index (χ1n) is 4.63. The topological polar surface area (TPSA) is 26.3 Å². The highest BCUT2D eigenvalue weighted by molar-refractivity contribution is 6.32. The molecule has 0 saturated heterocycles. The predicted molar refractivity (Wildman–Crippen MR) is 56.9 cm³/mol. The molecular formula is C11H13ClO2. The summed E-state index contributed by atoms with van der Waals surface area (Å²) in [5.41, 5.74) is 0. The van der Waals surface area contributed by atoms with Crippen molar-refractivity contribution in [3.05, 3.63) is 29.3 Å². The maximum Gasteiger partial charge on any atom is 0.137 e. The Morgan fingerprint density at radius 3 is 2.79 bits per heavy atom. The maximum atomic E-state index is 11.0. The van der Waals surface area contributed by atoms with Crippen LogP contribution in [0.2, 0.25) is 5.02 Å². The molecule has 0 aliphatic rings. The van der Waals surface area contributed by atoms with Gasteiger partial charge < -0.3 is 4.74 Å². The number of carbonyl (C=O) groups excluding carboxylic acids is 1. The largest absolute Gasteiger partial charge is 0.492 e. The molecule has 0 N–H and O–H groups in total. The smallest absolute Gasteiger partial charge is 0.137 e. The van der Waals surface area contributed by atoms with Crippen molar-refractivity contribution in [3.63, 3.8) is 0 Å². The second kappa shape index (κ2) is 5.66. The summed E-state index contributed by atoms with van der Waals surface area (Å²) in [6, 6.07) is 7.24. The van der Waals surface area contributed by atoms with Crippen LogP contribution in [0.25, 0.3) is 0 Å². The van der Waals surface area contributed by atoms with Gasteiger partial charge in [-0.05, 0) is 12.1 Å². The van der Waals surface area contributed by atoms with Crippen molar-refractivity contribution in [2.45, 2.75) is 19.8 Å². The van der Waals surface area contributed by atoms with Gasteiger partial charge in [-0.25, -0.2) is 0 Å². The number of Topliss-reactive ketones (excluding diaryl/α,β-unsaturated/α-hetero) is 1. The number of rotatable bonds is 5. The third-order valence-corrected chi connectivity index (χ3v) is 2.18. The molecule has 0 heterocycles. The van der Waals surface area contributed by atoms with Crippen molar-refractivity contribution in [1.82, 2.24) is 0 Å². The monoisotopic (exact) mass is 212 g/mol. The molecule has 1 rings (SSSR count). The molecule has 1 aromatic rings. The Morgan fingerprint density at radius 2 is 2.14 bits per heavy atom. The average Bonchev–Trinajstić information content (AvgIpc) is 2.20.